The molecule has 8 nitrogen and oxygen atoms in total. The van der Waals surface area contributed by atoms with Crippen LogP contribution in [0.25, 0.3) is 5.69 Å². The summed E-state index contributed by atoms with van der Waals surface area (Å²) in [6.07, 6.45) is 1.58. The van der Waals surface area contributed by atoms with Crippen LogP contribution in [-0.2, 0) is 0 Å². The van der Waals surface area contributed by atoms with Gasteiger partial charge in [0.05, 0.1) is 17.2 Å². The van der Waals surface area contributed by atoms with Gasteiger partial charge in [-0.15, -0.1) is 0 Å². The Hall–Kier alpha value is -3.68. The van der Waals surface area contributed by atoms with E-state index in [9.17, 15) is 14.9 Å². The Kier molecular flexibility index (Phi) is 4.93. The molecule has 0 fully saturated rings. The van der Waals surface area contributed by atoms with Crippen molar-refractivity contribution < 1.29 is 14.5 Å². The zero-order chi connectivity index (χ0) is 18.5. The predicted octanol–water partition coefficient (Wildman–Crippen LogP) is 3.43. The van der Waals surface area contributed by atoms with Crippen LogP contribution in [0.5, 0.6) is 5.75 Å². The molecule has 1 heterocycles. The molecule has 8 heteroatoms. The first-order valence-corrected chi connectivity index (χ1v) is 7.91. The van der Waals surface area contributed by atoms with Crippen molar-refractivity contribution in [1.29, 1.82) is 0 Å². The molecule has 3 aromatic rings. The molecule has 0 atom stereocenters. The van der Waals surface area contributed by atoms with Crippen LogP contribution in [-0.4, -0.2) is 27.2 Å². The number of nitro benzene ring substituents is 1. The molecular weight excluding hydrogens is 336 g/mol. The third-order valence-electron chi connectivity index (χ3n) is 3.55. The van der Waals surface area contributed by atoms with Gasteiger partial charge in [0.25, 0.3) is 11.6 Å². The Balaban J connectivity index is 1.73. The number of carbonyl (C=O) groups is 1. The fourth-order valence-corrected chi connectivity index (χ4v) is 2.33. The van der Waals surface area contributed by atoms with Crippen molar-refractivity contribution in [3.8, 4) is 11.4 Å². The number of hydrogen-bond acceptors (Lipinski definition) is 5. The van der Waals surface area contributed by atoms with Crippen LogP contribution in [0.4, 0.5) is 11.4 Å². The lowest BCUT2D eigenvalue weighted by atomic mass is 10.3. The maximum Gasteiger partial charge on any atom is 0.276 e. The molecule has 2 aromatic carbocycles. The summed E-state index contributed by atoms with van der Waals surface area (Å²) in [6, 6.07) is 14.6. The number of benzene rings is 2. The second-order valence-corrected chi connectivity index (χ2v) is 5.33. The largest absolute Gasteiger partial charge is 0.494 e. The molecule has 3 rings (SSSR count). The first kappa shape index (κ1) is 17.2. The van der Waals surface area contributed by atoms with E-state index in [-0.39, 0.29) is 17.3 Å². The Morgan fingerprint density at radius 3 is 2.69 bits per heavy atom. The second kappa shape index (κ2) is 7.47. The lowest BCUT2D eigenvalue weighted by Crippen LogP contribution is -2.13. The monoisotopic (exact) mass is 352 g/mol. The zero-order valence-electron chi connectivity index (χ0n) is 14.0. The highest BCUT2D eigenvalue weighted by Gasteiger charge is 2.12. The summed E-state index contributed by atoms with van der Waals surface area (Å²) in [4.78, 5) is 22.7. The Morgan fingerprint density at radius 1 is 1.23 bits per heavy atom. The number of non-ortho nitro benzene ring substituents is 1. The van der Waals surface area contributed by atoms with Gasteiger partial charge in [-0.3, -0.25) is 14.9 Å². The summed E-state index contributed by atoms with van der Waals surface area (Å²) >= 11 is 0. The number of anilines is 1. The van der Waals surface area contributed by atoms with E-state index in [1.165, 1.54) is 16.8 Å². The molecule has 0 unspecified atom stereocenters. The highest BCUT2D eigenvalue weighted by molar-refractivity contribution is 6.02. The van der Waals surface area contributed by atoms with Gasteiger partial charge in [0, 0.05) is 24.0 Å². The number of carbonyl (C=O) groups excluding carboxylic acids is 1. The minimum Gasteiger partial charge on any atom is -0.494 e. The number of rotatable bonds is 6. The van der Waals surface area contributed by atoms with Gasteiger partial charge in [0.1, 0.15) is 5.75 Å². The molecule has 1 N–H and O–H groups in total. The summed E-state index contributed by atoms with van der Waals surface area (Å²) in [5, 5.41) is 17.8. The van der Waals surface area contributed by atoms with E-state index in [0.29, 0.717) is 18.0 Å². The average Bonchev–Trinajstić information content (AvgIpc) is 3.14. The van der Waals surface area contributed by atoms with Gasteiger partial charge in [-0.2, -0.15) is 5.10 Å². The van der Waals surface area contributed by atoms with Crippen molar-refractivity contribution in [1.82, 2.24) is 9.78 Å². The third-order valence-corrected chi connectivity index (χ3v) is 3.55. The Morgan fingerprint density at radius 2 is 2.00 bits per heavy atom. The SMILES string of the molecule is CCOc1ccc(NC(=O)c2ccn(-c3cccc([N+](=O)[O-])c3)n2)cc1. The zero-order valence-corrected chi connectivity index (χ0v) is 14.0. The van der Waals surface area contributed by atoms with Crippen LogP contribution >= 0.6 is 0 Å². The minimum atomic E-state index is -0.480. The van der Waals surface area contributed by atoms with E-state index in [4.69, 9.17) is 4.74 Å². The number of nitro groups is 1. The summed E-state index contributed by atoms with van der Waals surface area (Å²) in [6.45, 7) is 2.47. The van der Waals surface area contributed by atoms with Gasteiger partial charge in [-0.25, -0.2) is 4.68 Å². The topological polar surface area (TPSA) is 99.3 Å². The van der Waals surface area contributed by atoms with E-state index < -0.39 is 4.92 Å². The molecule has 0 aliphatic heterocycles. The molecule has 0 aliphatic carbocycles. The number of ether oxygens (including phenoxy) is 1. The second-order valence-electron chi connectivity index (χ2n) is 5.33. The van der Waals surface area contributed by atoms with Gasteiger partial charge in [-0.05, 0) is 43.3 Å². The highest BCUT2D eigenvalue weighted by atomic mass is 16.6. The first-order chi connectivity index (χ1) is 12.6. The van der Waals surface area contributed by atoms with Crippen LogP contribution in [0, 0.1) is 10.1 Å². The highest BCUT2D eigenvalue weighted by Crippen LogP contribution is 2.18. The maximum atomic E-state index is 12.3. The van der Waals surface area contributed by atoms with Crippen molar-refractivity contribution in [3.63, 3.8) is 0 Å². The summed E-state index contributed by atoms with van der Waals surface area (Å²) < 4.78 is 6.77. The molecule has 0 saturated heterocycles. The number of nitrogens with one attached hydrogen (secondary N) is 1. The molecule has 26 heavy (non-hydrogen) atoms. The van der Waals surface area contributed by atoms with Crippen molar-refractivity contribution in [2.24, 2.45) is 0 Å². The Bertz CT molecular complexity index is 934. The lowest BCUT2D eigenvalue weighted by molar-refractivity contribution is -0.384. The minimum absolute atomic E-state index is 0.0432. The van der Waals surface area contributed by atoms with Crippen LogP contribution in [0.1, 0.15) is 17.4 Å². The number of amides is 1. The van der Waals surface area contributed by atoms with E-state index in [1.807, 2.05) is 6.92 Å². The number of nitrogens with zero attached hydrogens (tertiary/aromatic N) is 3. The summed E-state index contributed by atoms with van der Waals surface area (Å²) in [7, 11) is 0. The molecule has 132 valence electrons. The molecule has 0 aliphatic rings. The van der Waals surface area contributed by atoms with E-state index in [2.05, 4.69) is 10.4 Å². The van der Waals surface area contributed by atoms with Crippen LogP contribution in [0.3, 0.4) is 0 Å². The molecule has 0 saturated carbocycles. The van der Waals surface area contributed by atoms with Crippen molar-refractivity contribution in [2.75, 3.05) is 11.9 Å². The number of hydrogen-bond donors (Lipinski definition) is 1. The fourth-order valence-electron chi connectivity index (χ4n) is 2.33. The molecule has 1 aromatic heterocycles. The van der Waals surface area contributed by atoms with E-state index >= 15 is 0 Å². The third kappa shape index (κ3) is 3.86. The smallest absolute Gasteiger partial charge is 0.276 e. The lowest BCUT2D eigenvalue weighted by Gasteiger charge is -2.06. The van der Waals surface area contributed by atoms with E-state index in [1.54, 1.807) is 48.7 Å². The van der Waals surface area contributed by atoms with Gasteiger partial charge < -0.3 is 10.1 Å². The van der Waals surface area contributed by atoms with Crippen molar-refractivity contribution in [2.45, 2.75) is 6.92 Å². The fraction of sp³-hybridized carbons (Fsp3) is 0.111. The quantitative estimate of drug-likeness (QED) is 0.541. The van der Waals surface area contributed by atoms with Gasteiger partial charge in [0.15, 0.2) is 5.69 Å². The normalized spacial score (nSPS) is 10.3. The average molecular weight is 352 g/mol. The first-order valence-electron chi connectivity index (χ1n) is 7.91. The van der Waals surface area contributed by atoms with Crippen LogP contribution in [0.2, 0.25) is 0 Å². The van der Waals surface area contributed by atoms with Gasteiger partial charge in [0.2, 0.25) is 0 Å². The molecule has 0 spiro atoms. The maximum absolute atomic E-state index is 12.3. The van der Waals surface area contributed by atoms with Crippen molar-refractivity contribution >= 4 is 17.3 Å². The molecule has 0 radical (unpaired) electrons. The standard InChI is InChI=1S/C18H16N4O4/c1-2-26-16-8-6-13(7-9-16)19-18(23)17-10-11-21(20-17)14-4-3-5-15(12-14)22(24)25/h3-12H,2H2,1H3,(H,19,23). The summed E-state index contributed by atoms with van der Waals surface area (Å²) in [5.41, 5.74) is 1.27. The molecule has 1 amide bonds. The predicted molar refractivity (Wildman–Crippen MR) is 95.8 cm³/mol. The van der Waals surface area contributed by atoms with Crippen LogP contribution < -0.4 is 10.1 Å². The van der Waals surface area contributed by atoms with Gasteiger partial charge in [-0.1, -0.05) is 6.07 Å². The number of aromatic nitrogens is 2. The molecular formula is C18H16N4O4. The van der Waals surface area contributed by atoms with Crippen LogP contribution in [0.15, 0.2) is 60.8 Å². The molecule has 0 bridgehead atoms. The Labute approximate surface area is 149 Å². The van der Waals surface area contributed by atoms with E-state index in [0.717, 1.165) is 5.75 Å². The van der Waals surface area contributed by atoms with Gasteiger partial charge >= 0.3 is 0 Å². The van der Waals surface area contributed by atoms with Crippen molar-refractivity contribution in [3.05, 3.63) is 76.6 Å². The summed E-state index contributed by atoms with van der Waals surface area (Å²) in [5.74, 6) is 0.346.